The van der Waals surface area contributed by atoms with Crippen molar-refractivity contribution in [2.75, 3.05) is 5.73 Å². The summed E-state index contributed by atoms with van der Waals surface area (Å²) in [7, 11) is 0. The summed E-state index contributed by atoms with van der Waals surface area (Å²) in [6.45, 7) is 6.14. The lowest BCUT2D eigenvalue weighted by atomic mass is 10.1. The predicted molar refractivity (Wildman–Crippen MR) is 127 cm³/mol. The molecule has 0 saturated heterocycles. The maximum Gasteiger partial charge on any atom is 0.220 e. The minimum Gasteiger partial charge on any atom is -0.378 e. The molecule has 0 unspecified atom stereocenters. The summed E-state index contributed by atoms with van der Waals surface area (Å²) < 4.78 is 2.14. The smallest absolute Gasteiger partial charge is 0.220 e. The van der Waals surface area contributed by atoms with Crippen LogP contribution < -0.4 is 5.73 Å². The summed E-state index contributed by atoms with van der Waals surface area (Å²) in [5.41, 5.74) is 7.89. The van der Waals surface area contributed by atoms with Gasteiger partial charge in [0.15, 0.2) is 0 Å². The second-order valence-electron chi connectivity index (χ2n) is 8.53. The van der Waals surface area contributed by atoms with Crippen LogP contribution in [0.3, 0.4) is 0 Å². The van der Waals surface area contributed by atoms with Crippen LogP contribution in [0.15, 0.2) is 30.7 Å². The molecule has 3 heterocycles. The van der Waals surface area contributed by atoms with Crippen molar-refractivity contribution in [2.24, 2.45) is 0 Å². The van der Waals surface area contributed by atoms with Crippen LogP contribution in [0, 0.1) is 11.8 Å². The highest BCUT2D eigenvalue weighted by Gasteiger charge is 2.14. The van der Waals surface area contributed by atoms with E-state index in [4.69, 9.17) is 5.73 Å². The summed E-state index contributed by atoms with van der Waals surface area (Å²) in [4.78, 5) is 24.8. The van der Waals surface area contributed by atoms with Crippen LogP contribution in [-0.4, -0.2) is 36.0 Å². The number of hydrogen-bond acceptors (Lipinski definition) is 6. The average Bonchev–Trinajstić information content (AvgIpc) is 3.11. The summed E-state index contributed by atoms with van der Waals surface area (Å²) in [6.07, 6.45) is 10.6. The lowest BCUT2D eigenvalue weighted by Gasteiger charge is -2.06. The fourth-order valence-electron chi connectivity index (χ4n) is 3.49. The van der Waals surface area contributed by atoms with E-state index in [1.54, 1.807) is 26.2 Å². The van der Waals surface area contributed by atoms with Gasteiger partial charge in [-0.2, -0.15) is 0 Å². The van der Waals surface area contributed by atoms with Gasteiger partial charge in [0, 0.05) is 42.7 Å². The number of anilines is 1. The Kier molecular flexibility index (Phi) is 7.60. The fourth-order valence-corrected chi connectivity index (χ4v) is 3.49. The summed E-state index contributed by atoms with van der Waals surface area (Å²) in [6, 6.07) is 3.73. The van der Waals surface area contributed by atoms with Gasteiger partial charge in [-0.15, -0.1) is 0 Å². The van der Waals surface area contributed by atoms with Crippen molar-refractivity contribution in [2.45, 2.75) is 71.4 Å². The second-order valence-corrected chi connectivity index (χ2v) is 8.53. The molecule has 3 N–H and O–H groups in total. The van der Waals surface area contributed by atoms with E-state index < -0.39 is 5.60 Å². The Labute approximate surface area is 189 Å². The largest absolute Gasteiger partial charge is 0.378 e. The Bertz CT molecular complexity index is 1150. The first kappa shape index (κ1) is 23.4. The molecular formula is C25H31N5O2. The fraction of sp³-hybridized carbons (Fsp3) is 0.440. The van der Waals surface area contributed by atoms with Crippen molar-refractivity contribution >= 4 is 22.6 Å². The molecule has 0 amide bonds. The third-order valence-corrected chi connectivity index (χ3v) is 5.13. The van der Waals surface area contributed by atoms with Crippen LogP contribution >= 0.6 is 0 Å². The third kappa shape index (κ3) is 6.38. The molecule has 0 spiro atoms. The number of aryl methyl sites for hydroxylation is 1. The number of rotatable bonds is 9. The molecule has 32 heavy (non-hydrogen) atoms. The van der Waals surface area contributed by atoms with Gasteiger partial charge in [0.1, 0.15) is 17.1 Å². The zero-order valence-electron chi connectivity index (χ0n) is 19.1. The number of pyridine rings is 1. The molecule has 0 aromatic carbocycles. The molecule has 0 saturated carbocycles. The molecular weight excluding hydrogens is 402 g/mol. The zero-order chi connectivity index (χ0) is 23.1. The quantitative estimate of drug-likeness (QED) is 0.388. The van der Waals surface area contributed by atoms with Crippen LogP contribution in [-0.2, 0) is 11.3 Å². The number of aliphatic hydroxyl groups is 1. The van der Waals surface area contributed by atoms with E-state index in [0.717, 1.165) is 54.4 Å². The molecule has 0 fully saturated rings. The Morgan fingerprint density at radius 1 is 1.22 bits per heavy atom. The van der Waals surface area contributed by atoms with E-state index in [-0.39, 0.29) is 5.95 Å². The molecule has 0 aliphatic carbocycles. The Hall–Kier alpha value is -3.24. The summed E-state index contributed by atoms with van der Waals surface area (Å²) in [5, 5.41) is 10.9. The van der Waals surface area contributed by atoms with Crippen LogP contribution in [0.4, 0.5) is 5.95 Å². The van der Waals surface area contributed by atoms with Gasteiger partial charge in [0.2, 0.25) is 5.95 Å². The maximum atomic E-state index is 11.9. The molecule has 0 atom stereocenters. The number of unbranched alkanes of at least 4 members (excludes halogenated alkanes) is 2. The number of nitrogens with two attached hydrogens (primary N) is 1. The molecule has 3 aromatic rings. The van der Waals surface area contributed by atoms with Gasteiger partial charge >= 0.3 is 0 Å². The second kappa shape index (κ2) is 10.4. The predicted octanol–water partition coefficient (Wildman–Crippen LogP) is 4.13. The van der Waals surface area contributed by atoms with E-state index in [9.17, 15) is 9.90 Å². The Morgan fingerprint density at radius 2 is 2.00 bits per heavy atom. The number of aromatic nitrogens is 4. The summed E-state index contributed by atoms with van der Waals surface area (Å²) in [5.74, 6) is 6.30. The van der Waals surface area contributed by atoms with Crippen LogP contribution in [0.5, 0.6) is 0 Å². The topological polar surface area (TPSA) is 107 Å². The Morgan fingerprint density at radius 3 is 2.72 bits per heavy atom. The zero-order valence-corrected chi connectivity index (χ0v) is 19.1. The lowest BCUT2D eigenvalue weighted by molar-refractivity contribution is -0.119. The first-order chi connectivity index (χ1) is 15.3. The number of hydrogen-bond donors (Lipinski definition) is 2. The van der Waals surface area contributed by atoms with E-state index in [2.05, 4.69) is 38.3 Å². The molecule has 168 valence electrons. The number of Topliss-reactive ketones (excluding diaryl/α,β-unsaturated/α-hetero) is 1. The SMILES string of the molecule is CCCCC(=O)CCCCn1cc(-c2ccnc(N)n2)c2cc(C#CC(C)(C)O)ncc21. The number of carbonyl (C=O) groups is 1. The van der Waals surface area contributed by atoms with Gasteiger partial charge in [-0.25, -0.2) is 15.0 Å². The van der Waals surface area contributed by atoms with E-state index in [1.807, 2.05) is 18.3 Å². The number of fused-ring (bicyclic) bond motifs is 1. The number of nitrogens with zero attached hydrogens (tertiary/aromatic N) is 4. The number of carbonyl (C=O) groups excluding carboxylic acids is 1. The van der Waals surface area contributed by atoms with Crippen LogP contribution in [0.2, 0.25) is 0 Å². The first-order valence-electron chi connectivity index (χ1n) is 11.1. The van der Waals surface area contributed by atoms with Crippen LogP contribution in [0.1, 0.15) is 65.0 Å². The minimum atomic E-state index is -1.10. The number of nitrogen functional groups attached to an aromatic ring is 1. The molecule has 0 aliphatic rings. The molecule has 0 bridgehead atoms. The van der Waals surface area contributed by atoms with Gasteiger partial charge in [-0.1, -0.05) is 19.3 Å². The minimum absolute atomic E-state index is 0.213. The lowest BCUT2D eigenvalue weighted by Crippen LogP contribution is -2.14. The molecule has 0 aliphatic heterocycles. The average molecular weight is 434 g/mol. The monoisotopic (exact) mass is 433 g/mol. The van der Waals surface area contributed by atoms with Gasteiger partial charge in [-0.05, 0) is 51.2 Å². The molecule has 3 aromatic heterocycles. The van der Waals surface area contributed by atoms with Crippen molar-refractivity contribution in [3.63, 3.8) is 0 Å². The molecule has 0 radical (unpaired) electrons. The van der Waals surface area contributed by atoms with Crippen LogP contribution in [0.25, 0.3) is 22.2 Å². The molecule has 3 rings (SSSR count). The van der Waals surface area contributed by atoms with Gasteiger partial charge in [0.25, 0.3) is 0 Å². The van der Waals surface area contributed by atoms with E-state index in [1.165, 1.54) is 0 Å². The highest BCUT2D eigenvalue weighted by Crippen LogP contribution is 2.30. The van der Waals surface area contributed by atoms with Crippen molar-refractivity contribution in [3.05, 3.63) is 36.4 Å². The maximum absolute atomic E-state index is 11.9. The highest BCUT2D eigenvalue weighted by atomic mass is 16.3. The van der Waals surface area contributed by atoms with Gasteiger partial charge < -0.3 is 15.4 Å². The standard InChI is InChI=1S/C25H31N5O2/c1-4-5-8-19(31)9-6-7-14-30-17-21(22-11-13-27-24(26)29-22)20-15-18(28-16-23(20)30)10-12-25(2,3)32/h11,13,15-17,32H,4-9,14H2,1-3H3,(H2,26,27,29). The Balaban J connectivity index is 1.88. The van der Waals surface area contributed by atoms with Crippen molar-refractivity contribution in [1.82, 2.24) is 19.5 Å². The highest BCUT2D eigenvalue weighted by molar-refractivity contribution is 5.95. The van der Waals surface area contributed by atoms with Crippen molar-refractivity contribution < 1.29 is 9.90 Å². The van der Waals surface area contributed by atoms with Crippen molar-refractivity contribution in [1.29, 1.82) is 0 Å². The summed E-state index contributed by atoms with van der Waals surface area (Å²) >= 11 is 0. The normalized spacial score (nSPS) is 11.4. The number of ketones is 1. The van der Waals surface area contributed by atoms with E-state index in [0.29, 0.717) is 24.3 Å². The van der Waals surface area contributed by atoms with Gasteiger partial charge in [-0.3, -0.25) is 4.79 Å². The van der Waals surface area contributed by atoms with Gasteiger partial charge in [0.05, 0.1) is 17.4 Å². The first-order valence-corrected chi connectivity index (χ1v) is 11.1. The van der Waals surface area contributed by atoms with Crippen molar-refractivity contribution in [3.8, 4) is 23.1 Å². The molecule has 7 heteroatoms. The molecule has 7 nitrogen and oxygen atoms in total. The van der Waals surface area contributed by atoms with E-state index >= 15 is 0 Å². The third-order valence-electron chi connectivity index (χ3n) is 5.13.